The summed E-state index contributed by atoms with van der Waals surface area (Å²) in [5.74, 6) is -1.21. The van der Waals surface area contributed by atoms with E-state index in [-0.39, 0.29) is 46.2 Å². The summed E-state index contributed by atoms with van der Waals surface area (Å²) >= 11 is 12.1. The number of halogens is 2. The average Bonchev–Trinajstić information content (AvgIpc) is 2.82. The number of benzene rings is 2. The quantitative estimate of drug-likeness (QED) is 0.254. The fourth-order valence-corrected chi connectivity index (χ4v) is 5.22. The van der Waals surface area contributed by atoms with Gasteiger partial charge >= 0.3 is 7.75 Å². The summed E-state index contributed by atoms with van der Waals surface area (Å²) in [6.45, 7) is 0.389. The standard InChI is InChI=1S/C22H24Cl2N5O5P/c23-16-7-4-8-17(24)19(16)21(30)28-18(13-25)20(26)22(31)27-14-9-11-29(12-10-14)35(32,33)34-15-5-2-1-3-6-15/h1-8,13-14,26H,9-12,25H2,(H,27,31)(H,28,30)(H,32,33)/b18-13+,26-20?. The molecule has 1 atom stereocenters. The minimum absolute atomic E-state index is 0.0121. The summed E-state index contributed by atoms with van der Waals surface area (Å²) in [5.41, 5.74) is 4.73. The summed E-state index contributed by atoms with van der Waals surface area (Å²) in [6, 6.07) is 12.5. The minimum Gasteiger partial charge on any atom is -0.413 e. The zero-order chi connectivity index (χ0) is 25.6. The molecule has 3 rings (SSSR count). The third-order valence-electron chi connectivity index (χ3n) is 5.23. The predicted octanol–water partition coefficient (Wildman–Crippen LogP) is 3.30. The van der Waals surface area contributed by atoms with Gasteiger partial charge in [0, 0.05) is 25.3 Å². The van der Waals surface area contributed by atoms with E-state index in [1.165, 1.54) is 16.8 Å². The van der Waals surface area contributed by atoms with Gasteiger partial charge in [-0.1, -0.05) is 47.5 Å². The number of nitrogens with one attached hydrogen (secondary N) is 3. The zero-order valence-electron chi connectivity index (χ0n) is 18.4. The lowest BCUT2D eigenvalue weighted by Crippen LogP contribution is -2.47. The SMILES string of the molecule is N=C(C(=O)NC1CCN(P(=O)(O)Oc2ccccc2)CC1)/C(=C\N)NC(=O)c1c(Cl)cccc1Cl. The van der Waals surface area contributed by atoms with E-state index in [1.807, 2.05) is 0 Å². The van der Waals surface area contributed by atoms with Crippen LogP contribution in [-0.4, -0.2) is 46.2 Å². The van der Waals surface area contributed by atoms with Gasteiger partial charge in [-0.05, 0) is 37.1 Å². The number of carbonyl (C=O) groups is 2. The Morgan fingerprint density at radius 1 is 1.11 bits per heavy atom. The van der Waals surface area contributed by atoms with E-state index in [2.05, 4.69) is 10.6 Å². The Morgan fingerprint density at radius 3 is 2.29 bits per heavy atom. The Kier molecular flexibility index (Phi) is 8.93. The molecule has 35 heavy (non-hydrogen) atoms. The van der Waals surface area contributed by atoms with Crippen LogP contribution in [0.5, 0.6) is 5.75 Å². The second-order valence-corrected chi connectivity index (χ2v) is 10.1. The van der Waals surface area contributed by atoms with Gasteiger partial charge in [-0.15, -0.1) is 0 Å². The van der Waals surface area contributed by atoms with Crippen LogP contribution < -0.4 is 20.9 Å². The van der Waals surface area contributed by atoms with Crippen LogP contribution in [0.1, 0.15) is 23.2 Å². The van der Waals surface area contributed by atoms with E-state index in [0.717, 1.165) is 6.20 Å². The number of para-hydroxylation sites is 1. The van der Waals surface area contributed by atoms with Crippen molar-refractivity contribution in [2.45, 2.75) is 18.9 Å². The molecule has 10 nitrogen and oxygen atoms in total. The molecule has 1 unspecified atom stereocenters. The van der Waals surface area contributed by atoms with Crippen molar-refractivity contribution in [3.05, 3.63) is 76.0 Å². The van der Waals surface area contributed by atoms with Crippen LogP contribution in [-0.2, 0) is 9.36 Å². The predicted molar refractivity (Wildman–Crippen MR) is 134 cm³/mol. The van der Waals surface area contributed by atoms with Crippen LogP contribution in [0.4, 0.5) is 0 Å². The Labute approximate surface area is 212 Å². The molecule has 1 saturated heterocycles. The monoisotopic (exact) mass is 539 g/mol. The van der Waals surface area contributed by atoms with Gasteiger partial charge < -0.3 is 25.8 Å². The Bertz CT molecular complexity index is 1170. The second-order valence-electron chi connectivity index (χ2n) is 7.60. The third-order valence-corrected chi connectivity index (χ3v) is 7.43. The number of piperidine rings is 1. The highest BCUT2D eigenvalue weighted by Gasteiger charge is 2.35. The molecule has 1 fully saturated rings. The first-order chi connectivity index (χ1) is 16.6. The largest absolute Gasteiger partial charge is 0.458 e. The van der Waals surface area contributed by atoms with Crippen LogP contribution in [0.3, 0.4) is 0 Å². The number of nitrogens with zero attached hydrogens (tertiary/aromatic N) is 1. The first-order valence-corrected chi connectivity index (χ1v) is 12.8. The van der Waals surface area contributed by atoms with Crippen LogP contribution in [0, 0.1) is 5.41 Å². The number of nitrogens with two attached hydrogens (primary N) is 1. The molecule has 1 aliphatic rings. The van der Waals surface area contributed by atoms with Gasteiger partial charge in [-0.3, -0.25) is 15.0 Å². The fraction of sp³-hybridized carbons (Fsp3) is 0.227. The number of amides is 2. The molecule has 0 radical (unpaired) electrons. The molecular formula is C22H24Cl2N5O5P. The highest BCUT2D eigenvalue weighted by molar-refractivity contribution is 7.50. The smallest absolute Gasteiger partial charge is 0.413 e. The molecule has 0 spiro atoms. The second kappa shape index (κ2) is 11.7. The molecule has 6 N–H and O–H groups in total. The summed E-state index contributed by atoms with van der Waals surface area (Å²) in [5, 5.41) is 13.4. The molecular weight excluding hydrogens is 516 g/mol. The van der Waals surface area contributed by atoms with Crippen molar-refractivity contribution in [1.29, 1.82) is 5.41 Å². The average molecular weight is 540 g/mol. The van der Waals surface area contributed by atoms with Crippen molar-refractivity contribution in [2.24, 2.45) is 5.73 Å². The van der Waals surface area contributed by atoms with Gasteiger partial charge in [0.15, 0.2) is 0 Å². The van der Waals surface area contributed by atoms with Gasteiger partial charge in [0.25, 0.3) is 11.8 Å². The van der Waals surface area contributed by atoms with E-state index in [4.69, 9.17) is 38.9 Å². The normalized spacial score (nSPS) is 16.7. The number of hydrogen-bond donors (Lipinski definition) is 5. The van der Waals surface area contributed by atoms with Gasteiger partial charge in [-0.2, -0.15) is 4.67 Å². The Balaban J connectivity index is 1.54. The molecule has 13 heteroatoms. The maximum atomic E-state index is 12.6. The van der Waals surface area contributed by atoms with Crippen LogP contribution in [0.15, 0.2) is 60.4 Å². The Hall–Kier alpha value is -2.88. The van der Waals surface area contributed by atoms with E-state index < -0.39 is 25.3 Å². The maximum absolute atomic E-state index is 12.6. The van der Waals surface area contributed by atoms with Crippen LogP contribution in [0.2, 0.25) is 10.0 Å². The van der Waals surface area contributed by atoms with Gasteiger partial charge in [-0.25, -0.2) is 4.57 Å². The fourth-order valence-electron chi connectivity index (χ4n) is 3.41. The Morgan fingerprint density at radius 2 is 1.71 bits per heavy atom. The van der Waals surface area contributed by atoms with E-state index in [9.17, 15) is 19.0 Å². The minimum atomic E-state index is -4.06. The topological polar surface area (TPSA) is 158 Å². The molecule has 0 saturated carbocycles. The van der Waals surface area contributed by atoms with Crippen LogP contribution >= 0.6 is 30.9 Å². The van der Waals surface area contributed by atoms with Crippen molar-refractivity contribution in [1.82, 2.24) is 15.3 Å². The molecule has 0 aliphatic carbocycles. The first-order valence-electron chi connectivity index (χ1n) is 10.5. The lowest BCUT2D eigenvalue weighted by Gasteiger charge is -2.33. The third kappa shape index (κ3) is 6.84. The molecule has 0 aromatic heterocycles. The maximum Gasteiger partial charge on any atom is 0.458 e. The van der Waals surface area contributed by atoms with E-state index >= 15 is 0 Å². The first kappa shape index (κ1) is 26.7. The van der Waals surface area contributed by atoms with Gasteiger partial charge in [0.1, 0.15) is 11.5 Å². The van der Waals surface area contributed by atoms with Gasteiger partial charge in [0.05, 0.1) is 21.3 Å². The van der Waals surface area contributed by atoms with Gasteiger partial charge in [0.2, 0.25) is 0 Å². The highest BCUT2D eigenvalue weighted by atomic mass is 35.5. The molecule has 1 aliphatic heterocycles. The summed E-state index contributed by atoms with van der Waals surface area (Å²) in [6.07, 6.45) is 1.63. The van der Waals surface area contributed by atoms with Crippen molar-refractivity contribution in [2.75, 3.05) is 13.1 Å². The van der Waals surface area contributed by atoms with E-state index in [1.54, 1.807) is 36.4 Å². The molecule has 2 amide bonds. The van der Waals surface area contributed by atoms with E-state index in [0.29, 0.717) is 12.8 Å². The number of rotatable bonds is 8. The van der Waals surface area contributed by atoms with Crippen molar-refractivity contribution in [3.63, 3.8) is 0 Å². The summed E-state index contributed by atoms with van der Waals surface area (Å²) in [7, 11) is -4.06. The van der Waals surface area contributed by atoms with Crippen molar-refractivity contribution in [3.8, 4) is 5.75 Å². The molecule has 1 heterocycles. The number of hydrogen-bond acceptors (Lipinski definition) is 6. The molecule has 2 aromatic rings. The molecule has 186 valence electrons. The summed E-state index contributed by atoms with van der Waals surface area (Å²) < 4.78 is 19.2. The zero-order valence-corrected chi connectivity index (χ0v) is 20.8. The van der Waals surface area contributed by atoms with Crippen molar-refractivity contribution >= 4 is 48.5 Å². The summed E-state index contributed by atoms with van der Waals surface area (Å²) in [4.78, 5) is 35.5. The lowest BCUT2D eigenvalue weighted by atomic mass is 10.1. The number of carbonyl (C=O) groups excluding carboxylic acids is 2. The molecule has 0 bridgehead atoms. The highest BCUT2D eigenvalue weighted by Crippen LogP contribution is 2.47. The molecule has 2 aromatic carbocycles. The lowest BCUT2D eigenvalue weighted by molar-refractivity contribution is -0.115. The van der Waals surface area contributed by atoms with Crippen molar-refractivity contribution < 1.29 is 23.6 Å². The van der Waals surface area contributed by atoms with Crippen LogP contribution in [0.25, 0.3) is 0 Å².